The van der Waals surface area contributed by atoms with Gasteiger partial charge >= 0.3 is 0 Å². The van der Waals surface area contributed by atoms with Crippen LogP contribution < -0.4 is 14.8 Å². The molecule has 122 valence electrons. The minimum absolute atomic E-state index is 0.0418. The lowest BCUT2D eigenvalue weighted by atomic mass is 10.1. The number of amides is 1. The fourth-order valence-electron chi connectivity index (χ4n) is 2.67. The molecule has 1 aliphatic rings. The summed E-state index contributed by atoms with van der Waals surface area (Å²) in [5.74, 6) is 0.505. The summed E-state index contributed by atoms with van der Waals surface area (Å²) >= 11 is 6.14. The van der Waals surface area contributed by atoms with E-state index in [0.717, 1.165) is 25.7 Å². The molecule has 0 unspecified atom stereocenters. The predicted octanol–water partition coefficient (Wildman–Crippen LogP) is 3.32. The van der Waals surface area contributed by atoms with Crippen molar-refractivity contribution in [2.75, 3.05) is 14.2 Å². The Bertz CT molecular complexity index is 659. The van der Waals surface area contributed by atoms with Gasteiger partial charge in [0.1, 0.15) is 11.6 Å². The SMILES string of the molecule is COc1cc(/C=C(/C#N)C(=O)NC2CCCC2)cc(Cl)c1OC. The van der Waals surface area contributed by atoms with E-state index in [4.69, 9.17) is 21.1 Å². The van der Waals surface area contributed by atoms with Gasteiger partial charge in [-0.05, 0) is 36.6 Å². The van der Waals surface area contributed by atoms with Gasteiger partial charge in [0.25, 0.3) is 5.91 Å². The molecular weight excluding hydrogens is 316 g/mol. The number of carbonyl (C=O) groups excluding carboxylic acids is 1. The molecule has 1 aromatic carbocycles. The van der Waals surface area contributed by atoms with E-state index in [1.807, 2.05) is 6.07 Å². The summed E-state index contributed by atoms with van der Waals surface area (Å²) in [5.41, 5.74) is 0.644. The Morgan fingerprint density at radius 2 is 2.04 bits per heavy atom. The number of nitriles is 1. The summed E-state index contributed by atoms with van der Waals surface area (Å²) in [4.78, 5) is 12.2. The molecule has 0 saturated heterocycles. The first-order chi connectivity index (χ1) is 11.1. The number of halogens is 1. The first kappa shape index (κ1) is 17.2. The number of nitrogens with zero attached hydrogens (tertiary/aromatic N) is 1. The van der Waals surface area contributed by atoms with Gasteiger partial charge < -0.3 is 14.8 Å². The highest BCUT2D eigenvalue weighted by molar-refractivity contribution is 6.32. The number of methoxy groups -OCH3 is 2. The van der Waals surface area contributed by atoms with E-state index >= 15 is 0 Å². The van der Waals surface area contributed by atoms with Crippen LogP contribution in [-0.4, -0.2) is 26.2 Å². The first-order valence-electron chi connectivity index (χ1n) is 7.43. The van der Waals surface area contributed by atoms with Crippen LogP contribution in [0.25, 0.3) is 6.08 Å². The molecule has 0 heterocycles. The van der Waals surface area contributed by atoms with Crippen LogP contribution in [0.3, 0.4) is 0 Å². The van der Waals surface area contributed by atoms with Gasteiger partial charge in [0.15, 0.2) is 11.5 Å². The van der Waals surface area contributed by atoms with Crippen molar-refractivity contribution >= 4 is 23.6 Å². The molecule has 0 aliphatic heterocycles. The molecule has 1 N–H and O–H groups in total. The molecule has 6 heteroatoms. The smallest absolute Gasteiger partial charge is 0.262 e. The number of nitrogens with one attached hydrogen (secondary N) is 1. The highest BCUT2D eigenvalue weighted by Gasteiger charge is 2.19. The third-order valence-electron chi connectivity index (χ3n) is 3.82. The highest BCUT2D eigenvalue weighted by atomic mass is 35.5. The Kier molecular flexibility index (Phi) is 5.89. The molecule has 0 spiro atoms. The standard InChI is InChI=1S/C17H19ClN2O3/c1-22-15-9-11(8-14(18)16(15)23-2)7-12(10-19)17(21)20-13-5-3-4-6-13/h7-9,13H,3-6H2,1-2H3,(H,20,21)/b12-7-. The maximum atomic E-state index is 12.2. The van der Waals surface area contributed by atoms with E-state index in [0.29, 0.717) is 22.1 Å². The monoisotopic (exact) mass is 334 g/mol. The van der Waals surface area contributed by atoms with Gasteiger partial charge in [-0.2, -0.15) is 5.26 Å². The fraction of sp³-hybridized carbons (Fsp3) is 0.412. The maximum Gasteiger partial charge on any atom is 0.262 e. The topological polar surface area (TPSA) is 71.3 Å². The second kappa shape index (κ2) is 7.89. The van der Waals surface area contributed by atoms with Crippen molar-refractivity contribution in [2.24, 2.45) is 0 Å². The van der Waals surface area contributed by atoms with E-state index in [-0.39, 0.29) is 17.5 Å². The predicted molar refractivity (Wildman–Crippen MR) is 88.5 cm³/mol. The second-order valence-electron chi connectivity index (χ2n) is 5.36. The van der Waals surface area contributed by atoms with Crippen molar-refractivity contribution in [3.05, 3.63) is 28.3 Å². The molecule has 2 rings (SSSR count). The van der Waals surface area contributed by atoms with Crippen LogP contribution >= 0.6 is 11.6 Å². The highest BCUT2D eigenvalue weighted by Crippen LogP contribution is 2.36. The molecule has 1 fully saturated rings. The Labute approximate surface area is 140 Å². The van der Waals surface area contributed by atoms with Crippen LogP contribution in [-0.2, 0) is 4.79 Å². The van der Waals surface area contributed by atoms with Gasteiger partial charge in [0, 0.05) is 6.04 Å². The van der Waals surface area contributed by atoms with Crippen LogP contribution in [0.15, 0.2) is 17.7 Å². The summed E-state index contributed by atoms with van der Waals surface area (Å²) in [7, 11) is 2.99. The molecule has 1 amide bonds. The van der Waals surface area contributed by atoms with E-state index in [1.54, 1.807) is 12.1 Å². The Morgan fingerprint density at radius 1 is 1.35 bits per heavy atom. The van der Waals surface area contributed by atoms with Gasteiger partial charge in [-0.25, -0.2) is 0 Å². The number of hydrogen-bond donors (Lipinski definition) is 1. The molecule has 23 heavy (non-hydrogen) atoms. The average Bonchev–Trinajstić information content (AvgIpc) is 3.04. The van der Waals surface area contributed by atoms with Crippen molar-refractivity contribution in [3.8, 4) is 17.6 Å². The lowest BCUT2D eigenvalue weighted by Crippen LogP contribution is -2.33. The quantitative estimate of drug-likeness (QED) is 0.662. The third kappa shape index (κ3) is 4.17. The van der Waals surface area contributed by atoms with Crippen LogP contribution in [0.5, 0.6) is 11.5 Å². The van der Waals surface area contributed by atoms with Crippen LogP contribution in [0.4, 0.5) is 0 Å². The molecule has 0 bridgehead atoms. The Morgan fingerprint density at radius 3 is 2.61 bits per heavy atom. The summed E-state index contributed by atoms with van der Waals surface area (Å²) in [6.07, 6.45) is 5.65. The third-order valence-corrected chi connectivity index (χ3v) is 4.10. The van der Waals surface area contributed by atoms with E-state index in [9.17, 15) is 10.1 Å². The normalized spacial score (nSPS) is 15.1. The van der Waals surface area contributed by atoms with Gasteiger partial charge in [0.2, 0.25) is 0 Å². The van der Waals surface area contributed by atoms with Crippen molar-refractivity contribution in [1.82, 2.24) is 5.32 Å². The molecular formula is C17H19ClN2O3. The van der Waals surface area contributed by atoms with Gasteiger partial charge in [-0.3, -0.25) is 4.79 Å². The zero-order chi connectivity index (χ0) is 16.8. The number of hydrogen-bond acceptors (Lipinski definition) is 4. The van der Waals surface area contributed by atoms with Crippen molar-refractivity contribution in [3.63, 3.8) is 0 Å². The zero-order valence-electron chi connectivity index (χ0n) is 13.2. The lowest BCUT2D eigenvalue weighted by molar-refractivity contribution is -0.117. The zero-order valence-corrected chi connectivity index (χ0v) is 13.9. The number of rotatable bonds is 5. The van der Waals surface area contributed by atoms with E-state index in [2.05, 4.69) is 5.32 Å². The van der Waals surface area contributed by atoms with Crippen LogP contribution in [0.2, 0.25) is 5.02 Å². The van der Waals surface area contributed by atoms with Crippen LogP contribution in [0, 0.1) is 11.3 Å². The Hall–Kier alpha value is -2.19. The van der Waals surface area contributed by atoms with Crippen molar-refractivity contribution in [2.45, 2.75) is 31.7 Å². The molecule has 1 saturated carbocycles. The summed E-state index contributed by atoms with van der Waals surface area (Å²) < 4.78 is 10.4. The van der Waals surface area contributed by atoms with Gasteiger partial charge in [-0.1, -0.05) is 24.4 Å². The average molecular weight is 335 g/mol. The van der Waals surface area contributed by atoms with Gasteiger partial charge in [0.05, 0.1) is 19.2 Å². The minimum Gasteiger partial charge on any atom is -0.493 e. The summed E-state index contributed by atoms with van der Waals surface area (Å²) in [6.45, 7) is 0. The first-order valence-corrected chi connectivity index (χ1v) is 7.81. The molecule has 1 aliphatic carbocycles. The number of ether oxygens (including phenoxy) is 2. The second-order valence-corrected chi connectivity index (χ2v) is 5.77. The largest absolute Gasteiger partial charge is 0.493 e. The lowest BCUT2D eigenvalue weighted by Gasteiger charge is -2.12. The molecule has 0 radical (unpaired) electrons. The van der Waals surface area contributed by atoms with Crippen molar-refractivity contribution in [1.29, 1.82) is 5.26 Å². The Balaban J connectivity index is 2.25. The van der Waals surface area contributed by atoms with Crippen molar-refractivity contribution < 1.29 is 14.3 Å². The molecule has 0 aromatic heterocycles. The maximum absolute atomic E-state index is 12.2. The van der Waals surface area contributed by atoms with E-state index in [1.165, 1.54) is 20.3 Å². The minimum atomic E-state index is -0.356. The van der Waals surface area contributed by atoms with E-state index < -0.39 is 0 Å². The summed E-state index contributed by atoms with van der Waals surface area (Å²) in [5, 5.41) is 12.5. The number of carbonyl (C=O) groups is 1. The summed E-state index contributed by atoms with van der Waals surface area (Å²) in [6, 6.07) is 5.40. The van der Waals surface area contributed by atoms with Crippen LogP contribution in [0.1, 0.15) is 31.2 Å². The molecule has 1 aromatic rings. The molecule has 5 nitrogen and oxygen atoms in total. The fourth-order valence-corrected chi connectivity index (χ4v) is 2.97. The molecule has 0 atom stereocenters. The van der Waals surface area contributed by atoms with Gasteiger partial charge in [-0.15, -0.1) is 0 Å². The number of benzene rings is 1.